The van der Waals surface area contributed by atoms with Crippen molar-refractivity contribution in [3.8, 4) is 0 Å². The number of hydrogen-bond donors (Lipinski definition) is 1. The van der Waals surface area contributed by atoms with Gasteiger partial charge in [0.1, 0.15) is 12.6 Å². The van der Waals surface area contributed by atoms with Gasteiger partial charge in [-0.3, -0.25) is 13.9 Å². The lowest BCUT2D eigenvalue weighted by Gasteiger charge is -2.34. The highest BCUT2D eigenvalue weighted by molar-refractivity contribution is 9.10. The minimum absolute atomic E-state index is 0.0914. The number of anilines is 1. The number of carbonyl (C=O) groups is 2. The predicted molar refractivity (Wildman–Crippen MR) is 161 cm³/mol. The molecule has 3 aromatic carbocycles. The van der Waals surface area contributed by atoms with Crippen LogP contribution in [0.3, 0.4) is 0 Å². The number of nitrogens with one attached hydrogen (secondary N) is 1. The van der Waals surface area contributed by atoms with Crippen LogP contribution in [0.5, 0.6) is 0 Å². The molecule has 0 aliphatic carbocycles. The average Bonchev–Trinajstić information content (AvgIpc) is 2.87. The molecule has 1 atom stereocenters. The van der Waals surface area contributed by atoms with Gasteiger partial charge in [-0.1, -0.05) is 81.6 Å². The molecule has 0 fully saturated rings. The molecule has 0 aromatic heterocycles. The minimum Gasteiger partial charge on any atom is -0.352 e. The topological polar surface area (TPSA) is 86.8 Å². The number of benzene rings is 3. The van der Waals surface area contributed by atoms with E-state index >= 15 is 0 Å². The van der Waals surface area contributed by atoms with E-state index in [1.165, 1.54) is 23.1 Å². The molecule has 2 amide bonds. The third-order valence-corrected chi connectivity index (χ3v) is 8.25. The normalized spacial score (nSPS) is 12.2. The average molecular weight is 655 g/mol. The van der Waals surface area contributed by atoms with Crippen LogP contribution in [0.15, 0.2) is 77.3 Å². The first-order valence-corrected chi connectivity index (χ1v) is 15.6. The zero-order chi connectivity index (χ0) is 28.7. The second-order valence-electron chi connectivity index (χ2n) is 9.38. The predicted octanol–water partition coefficient (Wildman–Crippen LogP) is 5.69. The SMILES string of the molecule is CC(C)NC(=O)[C@@H](Cc1ccccc1)N(Cc1ccc(Br)cc1)C(=O)CN(c1ccc(Cl)c(Cl)c1)S(C)(=O)=O. The van der Waals surface area contributed by atoms with Gasteiger partial charge >= 0.3 is 0 Å². The second-order valence-corrected chi connectivity index (χ2v) is 13.0. The van der Waals surface area contributed by atoms with Crippen molar-refractivity contribution in [2.24, 2.45) is 0 Å². The van der Waals surface area contributed by atoms with Crippen molar-refractivity contribution in [1.29, 1.82) is 0 Å². The molecular weight excluding hydrogens is 625 g/mol. The van der Waals surface area contributed by atoms with E-state index in [0.717, 1.165) is 26.2 Å². The van der Waals surface area contributed by atoms with Crippen LogP contribution >= 0.6 is 39.1 Å². The molecule has 0 radical (unpaired) electrons. The third kappa shape index (κ3) is 8.96. The van der Waals surface area contributed by atoms with Gasteiger partial charge in [0.15, 0.2) is 0 Å². The Morgan fingerprint density at radius 1 is 0.923 bits per heavy atom. The lowest BCUT2D eigenvalue weighted by molar-refractivity contribution is -0.140. The van der Waals surface area contributed by atoms with Crippen molar-refractivity contribution in [2.75, 3.05) is 17.1 Å². The highest BCUT2D eigenvalue weighted by Gasteiger charge is 2.33. The molecule has 0 saturated carbocycles. The molecule has 1 N–H and O–H groups in total. The van der Waals surface area contributed by atoms with Gasteiger partial charge in [-0.05, 0) is 55.3 Å². The summed E-state index contributed by atoms with van der Waals surface area (Å²) in [5.74, 6) is -0.881. The van der Waals surface area contributed by atoms with E-state index in [9.17, 15) is 18.0 Å². The summed E-state index contributed by atoms with van der Waals surface area (Å²) >= 11 is 15.6. The molecule has 0 spiro atoms. The zero-order valence-corrected chi connectivity index (χ0v) is 25.7. The monoisotopic (exact) mass is 653 g/mol. The molecule has 3 rings (SSSR count). The van der Waals surface area contributed by atoms with Crippen molar-refractivity contribution in [3.63, 3.8) is 0 Å². The highest BCUT2D eigenvalue weighted by Crippen LogP contribution is 2.29. The molecule has 0 unspecified atom stereocenters. The number of nitrogens with zero attached hydrogens (tertiary/aromatic N) is 2. The van der Waals surface area contributed by atoms with Crippen molar-refractivity contribution in [1.82, 2.24) is 10.2 Å². The van der Waals surface area contributed by atoms with Gasteiger partial charge in [-0.15, -0.1) is 0 Å². The highest BCUT2D eigenvalue weighted by atomic mass is 79.9. The molecule has 3 aromatic rings. The number of halogens is 3. The van der Waals surface area contributed by atoms with Crippen molar-refractivity contribution in [2.45, 2.75) is 38.9 Å². The molecule has 11 heteroatoms. The zero-order valence-electron chi connectivity index (χ0n) is 21.8. The quantitative estimate of drug-likeness (QED) is 0.288. The fourth-order valence-corrected chi connectivity index (χ4v) is 5.37. The maximum absolute atomic E-state index is 14.0. The van der Waals surface area contributed by atoms with Gasteiger partial charge < -0.3 is 10.2 Å². The maximum atomic E-state index is 14.0. The maximum Gasteiger partial charge on any atom is 0.244 e. The lowest BCUT2D eigenvalue weighted by Crippen LogP contribution is -2.54. The van der Waals surface area contributed by atoms with E-state index in [0.29, 0.717) is 0 Å². The molecule has 0 aliphatic heterocycles. The van der Waals surface area contributed by atoms with Crippen LogP contribution in [0.2, 0.25) is 10.0 Å². The minimum atomic E-state index is -3.90. The van der Waals surface area contributed by atoms with E-state index in [2.05, 4.69) is 21.2 Å². The van der Waals surface area contributed by atoms with Crippen LogP contribution < -0.4 is 9.62 Å². The largest absolute Gasteiger partial charge is 0.352 e. The Bertz CT molecular complexity index is 1400. The number of carbonyl (C=O) groups excluding carboxylic acids is 2. The molecule has 0 heterocycles. The van der Waals surface area contributed by atoms with E-state index < -0.39 is 28.5 Å². The summed E-state index contributed by atoms with van der Waals surface area (Å²) in [6, 6.07) is 20.0. The van der Waals surface area contributed by atoms with Gasteiger partial charge in [-0.2, -0.15) is 0 Å². The van der Waals surface area contributed by atoms with Gasteiger partial charge in [-0.25, -0.2) is 8.42 Å². The first-order chi connectivity index (χ1) is 18.3. The van der Waals surface area contributed by atoms with E-state index in [1.54, 1.807) is 0 Å². The van der Waals surface area contributed by atoms with Gasteiger partial charge in [0, 0.05) is 23.5 Å². The smallest absolute Gasteiger partial charge is 0.244 e. The summed E-state index contributed by atoms with van der Waals surface area (Å²) in [5, 5.41) is 3.33. The Morgan fingerprint density at radius 3 is 2.13 bits per heavy atom. The first-order valence-electron chi connectivity index (χ1n) is 12.2. The molecule has 0 saturated heterocycles. The number of sulfonamides is 1. The molecular formula is C28H30BrCl2N3O4S. The summed E-state index contributed by atoms with van der Waals surface area (Å²) in [6.45, 7) is 3.24. The van der Waals surface area contributed by atoms with Crippen LogP contribution in [0, 0.1) is 0 Å². The van der Waals surface area contributed by atoms with Gasteiger partial charge in [0.05, 0.1) is 22.0 Å². The number of hydrogen-bond acceptors (Lipinski definition) is 4. The summed E-state index contributed by atoms with van der Waals surface area (Å²) in [4.78, 5) is 28.9. The summed E-state index contributed by atoms with van der Waals surface area (Å²) in [7, 11) is -3.90. The van der Waals surface area contributed by atoms with Crippen molar-refractivity contribution < 1.29 is 18.0 Å². The van der Waals surface area contributed by atoms with Gasteiger partial charge in [0.25, 0.3) is 0 Å². The van der Waals surface area contributed by atoms with Crippen LogP contribution in [-0.4, -0.2) is 50.0 Å². The van der Waals surface area contributed by atoms with E-state index in [4.69, 9.17) is 23.2 Å². The first kappa shape index (κ1) is 30.9. The Labute approximate surface area is 248 Å². The molecule has 0 bridgehead atoms. The standard InChI is InChI=1S/C28H30BrCl2N3O4S/c1-19(2)32-28(36)26(15-20-7-5-4-6-8-20)33(17-21-9-11-22(29)12-10-21)27(35)18-34(39(3,37)38)23-13-14-24(30)25(31)16-23/h4-14,16,19,26H,15,17-18H2,1-3H3,(H,32,36)/t26-/m1/s1. The fourth-order valence-electron chi connectivity index (χ4n) is 3.98. The summed E-state index contributed by atoms with van der Waals surface area (Å²) in [5.41, 5.74) is 1.83. The molecule has 7 nitrogen and oxygen atoms in total. The summed E-state index contributed by atoms with van der Waals surface area (Å²) in [6.07, 6.45) is 1.25. The Hall–Kier alpha value is -2.59. The number of rotatable bonds is 11. The Kier molecular flexibility index (Phi) is 10.8. The Balaban J connectivity index is 2.06. The number of amides is 2. The molecule has 208 valence electrons. The molecule has 39 heavy (non-hydrogen) atoms. The Morgan fingerprint density at radius 2 is 1.56 bits per heavy atom. The van der Waals surface area contributed by atoms with E-state index in [-0.39, 0.29) is 40.6 Å². The third-order valence-electron chi connectivity index (χ3n) is 5.84. The van der Waals surface area contributed by atoms with Crippen molar-refractivity contribution >= 4 is 66.7 Å². The van der Waals surface area contributed by atoms with Crippen LogP contribution in [-0.2, 0) is 32.6 Å². The second kappa shape index (κ2) is 13.7. The van der Waals surface area contributed by atoms with Crippen LogP contribution in [0.1, 0.15) is 25.0 Å². The van der Waals surface area contributed by atoms with E-state index in [1.807, 2.05) is 68.4 Å². The fraction of sp³-hybridized carbons (Fsp3) is 0.286. The molecule has 0 aliphatic rings. The van der Waals surface area contributed by atoms with Crippen molar-refractivity contribution in [3.05, 3.63) is 98.4 Å². The summed E-state index contributed by atoms with van der Waals surface area (Å²) < 4.78 is 27.5. The van der Waals surface area contributed by atoms with Crippen LogP contribution in [0.4, 0.5) is 5.69 Å². The van der Waals surface area contributed by atoms with Gasteiger partial charge in [0.2, 0.25) is 21.8 Å². The lowest BCUT2D eigenvalue weighted by atomic mass is 10.0. The van der Waals surface area contributed by atoms with Crippen LogP contribution in [0.25, 0.3) is 0 Å².